The minimum Gasteiger partial charge on any atom is -0.265 e. The van der Waals surface area contributed by atoms with E-state index in [-0.39, 0.29) is 0 Å². The van der Waals surface area contributed by atoms with Crippen LogP contribution in [0.15, 0.2) is 30.6 Å². The van der Waals surface area contributed by atoms with Crippen LogP contribution in [0.25, 0.3) is 0 Å². The molecule has 1 heterocycles. The Hall–Kier alpha value is -0.850. The molecular weight excluding hydrogens is 158 g/mol. The minimum atomic E-state index is 1.50. The topological polar surface area (TPSA) is 12.9 Å². The van der Waals surface area contributed by atoms with Crippen LogP contribution in [0.2, 0.25) is 0 Å². The molecule has 0 unspecified atom stereocenters. The van der Waals surface area contributed by atoms with Crippen LogP contribution in [0, 0.1) is 0 Å². The summed E-state index contributed by atoms with van der Waals surface area (Å²) in [5, 5.41) is 0. The van der Waals surface area contributed by atoms with E-state index in [0.29, 0.717) is 0 Å². The highest BCUT2D eigenvalue weighted by atomic mass is 14.6. The quantitative estimate of drug-likeness (QED) is 0.549. The number of hydrogen-bond donors (Lipinski definition) is 0. The molecule has 1 aliphatic carbocycles. The van der Waals surface area contributed by atoms with Crippen molar-refractivity contribution in [3.05, 3.63) is 30.6 Å². The third-order valence-corrected chi connectivity index (χ3v) is 2.32. The maximum atomic E-state index is 3.78. The van der Waals surface area contributed by atoms with Crippen LogP contribution in [-0.2, 0) is 0 Å². The monoisotopic (exact) mass is 177 g/mol. The van der Waals surface area contributed by atoms with E-state index in [2.05, 4.69) is 4.98 Å². The summed E-state index contributed by atoms with van der Waals surface area (Å²) in [4.78, 5) is 3.78. The SMILES string of the molecule is C1CCCCCC1.c1ccncc1. The first-order valence-electron chi connectivity index (χ1n) is 5.35. The summed E-state index contributed by atoms with van der Waals surface area (Å²) in [6, 6.07) is 5.72. The van der Waals surface area contributed by atoms with Gasteiger partial charge in [-0.05, 0) is 12.1 Å². The molecule has 0 saturated heterocycles. The van der Waals surface area contributed by atoms with Crippen molar-refractivity contribution in [3.8, 4) is 0 Å². The molecule has 1 aromatic heterocycles. The molecule has 1 heteroatoms. The molecule has 0 N–H and O–H groups in total. The fourth-order valence-electron chi connectivity index (χ4n) is 1.55. The number of aromatic nitrogens is 1. The molecule has 72 valence electrons. The van der Waals surface area contributed by atoms with E-state index in [1.165, 1.54) is 44.9 Å². The molecule has 0 aromatic carbocycles. The van der Waals surface area contributed by atoms with E-state index in [1.54, 1.807) is 12.4 Å². The van der Waals surface area contributed by atoms with E-state index in [1.807, 2.05) is 18.2 Å². The molecule has 2 rings (SSSR count). The molecule has 0 bridgehead atoms. The molecule has 0 atom stereocenters. The highest BCUT2D eigenvalue weighted by Crippen LogP contribution is 2.15. The molecule has 1 aliphatic rings. The first-order chi connectivity index (χ1) is 6.50. The lowest BCUT2D eigenvalue weighted by atomic mass is 10.2. The van der Waals surface area contributed by atoms with E-state index in [4.69, 9.17) is 0 Å². The molecule has 0 amide bonds. The van der Waals surface area contributed by atoms with Crippen molar-refractivity contribution < 1.29 is 0 Å². The fourth-order valence-corrected chi connectivity index (χ4v) is 1.55. The van der Waals surface area contributed by atoms with E-state index < -0.39 is 0 Å². The second kappa shape index (κ2) is 7.78. The van der Waals surface area contributed by atoms with Gasteiger partial charge in [-0.3, -0.25) is 4.98 Å². The van der Waals surface area contributed by atoms with Gasteiger partial charge in [-0.25, -0.2) is 0 Å². The lowest BCUT2D eigenvalue weighted by Crippen LogP contribution is -1.66. The van der Waals surface area contributed by atoms with Gasteiger partial charge >= 0.3 is 0 Å². The molecule has 0 aliphatic heterocycles. The van der Waals surface area contributed by atoms with Crippen LogP contribution in [0.1, 0.15) is 44.9 Å². The van der Waals surface area contributed by atoms with Crippen molar-refractivity contribution in [2.45, 2.75) is 44.9 Å². The van der Waals surface area contributed by atoms with Crippen LogP contribution in [-0.4, -0.2) is 4.98 Å². The third-order valence-electron chi connectivity index (χ3n) is 2.32. The van der Waals surface area contributed by atoms with Gasteiger partial charge in [0.2, 0.25) is 0 Å². The van der Waals surface area contributed by atoms with Crippen molar-refractivity contribution in [2.75, 3.05) is 0 Å². The molecule has 13 heavy (non-hydrogen) atoms. The first-order valence-corrected chi connectivity index (χ1v) is 5.35. The Morgan fingerprint density at radius 3 is 1.08 bits per heavy atom. The van der Waals surface area contributed by atoms with Crippen molar-refractivity contribution >= 4 is 0 Å². The van der Waals surface area contributed by atoms with Crippen molar-refractivity contribution in [3.63, 3.8) is 0 Å². The van der Waals surface area contributed by atoms with Crippen LogP contribution in [0.3, 0.4) is 0 Å². The molecule has 1 saturated carbocycles. The predicted molar refractivity (Wildman–Crippen MR) is 56.6 cm³/mol. The van der Waals surface area contributed by atoms with Crippen LogP contribution in [0.4, 0.5) is 0 Å². The summed E-state index contributed by atoms with van der Waals surface area (Å²) in [7, 11) is 0. The van der Waals surface area contributed by atoms with Crippen molar-refractivity contribution in [1.29, 1.82) is 0 Å². The summed E-state index contributed by atoms with van der Waals surface area (Å²) in [6.45, 7) is 0. The highest BCUT2D eigenvalue weighted by molar-refractivity contribution is 4.88. The maximum Gasteiger partial charge on any atom is 0.0267 e. The van der Waals surface area contributed by atoms with Gasteiger partial charge in [0.25, 0.3) is 0 Å². The van der Waals surface area contributed by atoms with Gasteiger partial charge in [0.05, 0.1) is 0 Å². The maximum absolute atomic E-state index is 3.78. The molecular formula is C12H19N. The molecule has 0 radical (unpaired) electrons. The van der Waals surface area contributed by atoms with Gasteiger partial charge < -0.3 is 0 Å². The molecule has 1 aromatic rings. The average molecular weight is 177 g/mol. The highest BCUT2D eigenvalue weighted by Gasteiger charge is 1.95. The number of pyridine rings is 1. The third kappa shape index (κ3) is 6.32. The van der Waals surface area contributed by atoms with Crippen LogP contribution >= 0.6 is 0 Å². The van der Waals surface area contributed by atoms with Crippen molar-refractivity contribution in [2.24, 2.45) is 0 Å². The Morgan fingerprint density at radius 2 is 0.923 bits per heavy atom. The van der Waals surface area contributed by atoms with Gasteiger partial charge in [0.15, 0.2) is 0 Å². The predicted octanol–water partition coefficient (Wildman–Crippen LogP) is 3.81. The van der Waals surface area contributed by atoms with Crippen molar-refractivity contribution in [1.82, 2.24) is 4.98 Å². The average Bonchev–Trinajstić information content (AvgIpc) is 2.53. The van der Waals surface area contributed by atoms with E-state index in [9.17, 15) is 0 Å². The Balaban J connectivity index is 0.000000132. The number of hydrogen-bond acceptors (Lipinski definition) is 1. The first kappa shape index (κ1) is 10.2. The zero-order valence-corrected chi connectivity index (χ0v) is 8.28. The standard InChI is InChI=1S/C7H14.C5H5N/c1-2-4-6-7-5-3-1;1-2-4-6-5-3-1/h1-7H2;1-5H. The largest absolute Gasteiger partial charge is 0.265 e. The van der Waals surface area contributed by atoms with Gasteiger partial charge in [0, 0.05) is 12.4 Å². The summed E-state index contributed by atoms with van der Waals surface area (Å²) >= 11 is 0. The lowest BCUT2D eigenvalue weighted by Gasteiger charge is -1.85. The minimum absolute atomic E-state index is 1.50. The summed E-state index contributed by atoms with van der Waals surface area (Å²) in [5.74, 6) is 0. The second-order valence-electron chi connectivity index (χ2n) is 3.50. The van der Waals surface area contributed by atoms with E-state index in [0.717, 1.165) is 0 Å². The summed E-state index contributed by atoms with van der Waals surface area (Å²) in [5.41, 5.74) is 0. The fraction of sp³-hybridized carbons (Fsp3) is 0.583. The van der Waals surface area contributed by atoms with Crippen LogP contribution < -0.4 is 0 Å². The van der Waals surface area contributed by atoms with Crippen LogP contribution in [0.5, 0.6) is 0 Å². The Kier molecular flexibility index (Phi) is 6.12. The second-order valence-corrected chi connectivity index (χ2v) is 3.50. The smallest absolute Gasteiger partial charge is 0.0267 e. The van der Waals surface area contributed by atoms with Gasteiger partial charge in [-0.2, -0.15) is 0 Å². The van der Waals surface area contributed by atoms with Gasteiger partial charge in [0.1, 0.15) is 0 Å². The molecule has 1 fully saturated rings. The number of nitrogens with zero attached hydrogens (tertiary/aromatic N) is 1. The zero-order valence-electron chi connectivity index (χ0n) is 8.28. The van der Waals surface area contributed by atoms with Gasteiger partial charge in [-0.1, -0.05) is 51.0 Å². The number of rotatable bonds is 0. The Morgan fingerprint density at radius 1 is 0.538 bits per heavy atom. The lowest BCUT2D eigenvalue weighted by molar-refractivity contribution is 0.702. The Bertz CT molecular complexity index is 137. The molecule has 0 spiro atoms. The van der Waals surface area contributed by atoms with Gasteiger partial charge in [-0.15, -0.1) is 0 Å². The Labute approximate surface area is 81.2 Å². The summed E-state index contributed by atoms with van der Waals surface area (Å²) < 4.78 is 0. The molecule has 1 nitrogen and oxygen atoms in total. The normalized spacial score (nSPS) is 16.6. The summed E-state index contributed by atoms with van der Waals surface area (Å²) in [6.07, 6.45) is 14.0. The van der Waals surface area contributed by atoms with E-state index >= 15 is 0 Å². The zero-order chi connectivity index (χ0) is 9.19.